The molecule has 2 N–H and O–H groups in total. The summed E-state index contributed by atoms with van der Waals surface area (Å²) in [4.78, 5) is 24.1. The summed E-state index contributed by atoms with van der Waals surface area (Å²) in [7, 11) is 1.44. The maximum absolute atomic E-state index is 12.2. The van der Waals surface area contributed by atoms with Crippen molar-refractivity contribution in [2.75, 3.05) is 13.7 Å². The molecule has 0 saturated carbocycles. The average molecular weight is 387 g/mol. The van der Waals surface area contributed by atoms with Crippen LogP contribution in [0.2, 0.25) is 0 Å². The number of hydrogen-bond donors (Lipinski definition) is 1. The normalized spacial score (nSPS) is 12.6. The van der Waals surface area contributed by atoms with Crippen molar-refractivity contribution < 1.29 is 28.5 Å². The molecule has 0 bridgehead atoms. The van der Waals surface area contributed by atoms with Crippen LogP contribution in [-0.4, -0.2) is 31.9 Å². The first-order chi connectivity index (χ1) is 13.5. The third kappa shape index (κ3) is 5.72. The number of rotatable bonds is 9. The van der Waals surface area contributed by atoms with Crippen molar-refractivity contribution in [2.24, 2.45) is 11.7 Å². The number of ether oxygens (including phenoxy) is 4. The fraction of sp³-hybridized carbons (Fsp3) is 0.333. The first-order valence-corrected chi connectivity index (χ1v) is 8.94. The second-order valence-corrected chi connectivity index (χ2v) is 6.05. The molecular formula is C21H25NO6. The summed E-state index contributed by atoms with van der Waals surface area (Å²) >= 11 is 0. The molecule has 0 fully saturated rings. The molecule has 150 valence electrons. The van der Waals surface area contributed by atoms with Gasteiger partial charge in [0.1, 0.15) is 12.5 Å². The number of carbonyl (C=O) groups excluding carboxylic acids is 2. The van der Waals surface area contributed by atoms with E-state index in [2.05, 4.69) is 0 Å². The van der Waals surface area contributed by atoms with Crippen LogP contribution in [0.1, 0.15) is 29.8 Å². The zero-order valence-electron chi connectivity index (χ0n) is 16.2. The lowest BCUT2D eigenvalue weighted by atomic mass is 10.1. The SMILES string of the molecule is CCOC(=O)c1ccc(OC(N)C(C)C(=O)OCc2ccccc2)c(OC)c1. The van der Waals surface area contributed by atoms with E-state index in [1.165, 1.54) is 13.2 Å². The molecule has 0 radical (unpaired) electrons. The quantitative estimate of drug-likeness (QED) is 0.522. The first-order valence-electron chi connectivity index (χ1n) is 8.94. The average Bonchev–Trinajstić information content (AvgIpc) is 2.72. The monoisotopic (exact) mass is 387 g/mol. The summed E-state index contributed by atoms with van der Waals surface area (Å²) in [6.07, 6.45) is -0.953. The van der Waals surface area contributed by atoms with Gasteiger partial charge in [-0.1, -0.05) is 30.3 Å². The highest BCUT2D eigenvalue weighted by Crippen LogP contribution is 2.29. The number of nitrogens with two attached hydrogens (primary N) is 1. The predicted octanol–water partition coefficient (Wildman–Crippen LogP) is 2.92. The topological polar surface area (TPSA) is 97.1 Å². The molecule has 0 aliphatic carbocycles. The maximum Gasteiger partial charge on any atom is 0.338 e. The van der Waals surface area contributed by atoms with Crippen molar-refractivity contribution in [3.8, 4) is 11.5 Å². The molecule has 2 atom stereocenters. The largest absolute Gasteiger partial charge is 0.493 e. The minimum atomic E-state index is -0.953. The predicted molar refractivity (Wildman–Crippen MR) is 103 cm³/mol. The number of carbonyl (C=O) groups is 2. The Bertz CT molecular complexity index is 793. The molecule has 0 aromatic heterocycles. The van der Waals surface area contributed by atoms with Crippen LogP contribution < -0.4 is 15.2 Å². The molecule has 0 amide bonds. The maximum atomic E-state index is 12.2. The summed E-state index contributed by atoms with van der Waals surface area (Å²) in [5.74, 6) is -1.03. The Kier molecular flexibility index (Phi) is 7.83. The second kappa shape index (κ2) is 10.3. The van der Waals surface area contributed by atoms with Crippen molar-refractivity contribution in [3.05, 3.63) is 59.7 Å². The first kappa shape index (κ1) is 21.2. The van der Waals surface area contributed by atoms with Gasteiger partial charge in [-0.05, 0) is 37.6 Å². The minimum absolute atomic E-state index is 0.161. The third-order valence-electron chi connectivity index (χ3n) is 4.03. The Hall–Kier alpha value is -3.06. The van der Waals surface area contributed by atoms with E-state index in [0.717, 1.165) is 5.56 Å². The highest BCUT2D eigenvalue weighted by Gasteiger charge is 2.25. The summed E-state index contributed by atoms with van der Waals surface area (Å²) in [6.45, 7) is 3.78. The van der Waals surface area contributed by atoms with Crippen molar-refractivity contribution >= 4 is 11.9 Å². The zero-order valence-corrected chi connectivity index (χ0v) is 16.2. The van der Waals surface area contributed by atoms with E-state index >= 15 is 0 Å². The van der Waals surface area contributed by atoms with Crippen LogP contribution in [0.3, 0.4) is 0 Å². The Balaban J connectivity index is 1.99. The van der Waals surface area contributed by atoms with Gasteiger partial charge in [0.05, 0.1) is 19.3 Å². The van der Waals surface area contributed by atoms with Gasteiger partial charge in [0.2, 0.25) is 0 Å². The molecule has 0 aliphatic rings. The molecule has 28 heavy (non-hydrogen) atoms. The fourth-order valence-corrected chi connectivity index (χ4v) is 2.35. The van der Waals surface area contributed by atoms with Crippen LogP contribution in [0, 0.1) is 5.92 Å². The van der Waals surface area contributed by atoms with Gasteiger partial charge in [0.15, 0.2) is 17.7 Å². The molecule has 0 saturated heterocycles. The van der Waals surface area contributed by atoms with Gasteiger partial charge in [0.25, 0.3) is 0 Å². The van der Waals surface area contributed by atoms with E-state index < -0.39 is 24.1 Å². The minimum Gasteiger partial charge on any atom is -0.493 e. The highest BCUT2D eigenvalue weighted by atomic mass is 16.5. The summed E-state index contributed by atoms with van der Waals surface area (Å²) in [6, 6.07) is 13.9. The van der Waals surface area contributed by atoms with Crippen LogP contribution in [0.15, 0.2) is 48.5 Å². The molecular weight excluding hydrogens is 362 g/mol. The van der Waals surface area contributed by atoms with Crippen molar-refractivity contribution in [3.63, 3.8) is 0 Å². The van der Waals surface area contributed by atoms with Crippen molar-refractivity contribution in [1.29, 1.82) is 0 Å². The summed E-state index contributed by atoms with van der Waals surface area (Å²) < 4.78 is 21.2. The number of benzene rings is 2. The lowest BCUT2D eigenvalue weighted by Gasteiger charge is -2.21. The molecule has 0 spiro atoms. The summed E-state index contributed by atoms with van der Waals surface area (Å²) in [5.41, 5.74) is 7.23. The summed E-state index contributed by atoms with van der Waals surface area (Å²) in [5, 5.41) is 0. The van der Waals surface area contributed by atoms with Crippen LogP contribution in [0.25, 0.3) is 0 Å². The Morgan fingerprint density at radius 2 is 1.75 bits per heavy atom. The van der Waals surface area contributed by atoms with Crippen LogP contribution in [0.5, 0.6) is 11.5 Å². The van der Waals surface area contributed by atoms with E-state index in [1.807, 2.05) is 30.3 Å². The van der Waals surface area contributed by atoms with E-state index in [9.17, 15) is 9.59 Å². The fourth-order valence-electron chi connectivity index (χ4n) is 2.35. The lowest BCUT2D eigenvalue weighted by molar-refractivity contribution is -0.152. The van der Waals surface area contributed by atoms with Gasteiger partial charge in [-0.2, -0.15) is 0 Å². The smallest absolute Gasteiger partial charge is 0.338 e. The lowest BCUT2D eigenvalue weighted by Crippen LogP contribution is -2.39. The Morgan fingerprint density at radius 3 is 2.39 bits per heavy atom. The zero-order chi connectivity index (χ0) is 20.5. The van der Waals surface area contributed by atoms with Crippen molar-refractivity contribution in [1.82, 2.24) is 0 Å². The van der Waals surface area contributed by atoms with Gasteiger partial charge in [0, 0.05) is 0 Å². The Morgan fingerprint density at radius 1 is 1.04 bits per heavy atom. The molecule has 0 heterocycles. The molecule has 7 nitrogen and oxygen atoms in total. The third-order valence-corrected chi connectivity index (χ3v) is 4.03. The van der Waals surface area contributed by atoms with Crippen molar-refractivity contribution in [2.45, 2.75) is 26.7 Å². The van der Waals surface area contributed by atoms with Gasteiger partial charge in [-0.25, -0.2) is 4.79 Å². The van der Waals surface area contributed by atoms with Crippen LogP contribution in [-0.2, 0) is 20.9 Å². The van der Waals surface area contributed by atoms with E-state index in [1.54, 1.807) is 26.0 Å². The number of esters is 2. The van der Waals surface area contributed by atoms with Crippen LogP contribution in [0.4, 0.5) is 0 Å². The highest BCUT2D eigenvalue weighted by molar-refractivity contribution is 5.90. The molecule has 2 rings (SSSR count). The van der Waals surface area contributed by atoms with E-state index in [-0.39, 0.29) is 13.2 Å². The standard InChI is InChI=1S/C21H25NO6/c1-4-26-21(24)16-10-11-17(18(12-16)25-3)28-19(22)14(2)20(23)27-13-15-8-6-5-7-9-15/h5-12,14,19H,4,13,22H2,1-3H3. The second-order valence-electron chi connectivity index (χ2n) is 6.05. The molecule has 7 heteroatoms. The van der Waals surface area contributed by atoms with Gasteiger partial charge >= 0.3 is 11.9 Å². The Labute approximate surface area is 164 Å². The number of methoxy groups -OCH3 is 1. The molecule has 0 aliphatic heterocycles. The molecule has 2 aromatic carbocycles. The van der Waals surface area contributed by atoms with Gasteiger partial charge < -0.3 is 18.9 Å². The molecule has 2 aromatic rings. The van der Waals surface area contributed by atoms with Gasteiger partial charge in [-0.15, -0.1) is 0 Å². The van der Waals surface area contributed by atoms with Gasteiger partial charge in [-0.3, -0.25) is 10.5 Å². The molecule has 2 unspecified atom stereocenters. The van der Waals surface area contributed by atoms with Crippen LogP contribution >= 0.6 is 0 Å². The van der Waals surface area contributed by atoms with E-state index in [0.29, 0.717) is 17.1 Å². The van der Waals surface area contributed by atoms with E-state index in [4.69, 9.17) is 24.7 Å². The number of hydrogen-bond acceptors (Lipinski definition) is 7.